The number of aromatic nitrogens is 3. The van der Waals surface area contributed by atoms with Crippen LogP contribution in [0.3, 0.4) is 0 Å². The molecule has 0 unspecified atom stereocenters. The van der Waals surface area contributed by atoms with E-state index in [-0.39, 0.29) is 5.56 Å². The van der Waals surface area contributed by atoms with Gasteiger partial charge in [0.05, 0.1) is 5.69 Å². The van der Waals surface area contributed by atoms with Gasteiger partial charge in [-0.05, 0) is 22.7 Å². The van der Waals surface area contributed by atoms with Gasteiger partial charge in [-0.1, -0.05) is 18.2 Å². The Balaban J connectivity index is 2.33. The molecule has 0 radical (unpaired) electrons. The lowest BCUT2D eigenvalue weighted by atomic mass is 10.3. The zero-order chi connectivity index (χ0) is 11.7. The summed E-state index contributed by atoms with van der Waals surface area (Å²) in [6, 6.07) is 14.9. The summed E-state index contributed by atoms with van der Waals surface area (Å²) < 4.78 is 3.11. The van der Waals surface area contributed by atoms with Crippen molar-refractivity contribution in [3.8, 4) is 5.69 Å². The van der Waals surface area contributed by atoms with Crippen molar-refractivity contribution in [2.45, 2.75) is 0 Å². The number of fused-ring (bicyclic) bond motifs is 1. The minimum atomic E-state index is -0.0770. The molecule has 2 heterocycles. The fraction of sp³-hybridized carbons (Fsp3) is 0. The number of benzene rings is 1. The second-order valence-corrected chi connectivity index (χ2v) is 3.67. The fourth-order valence-corrected chi connectivity index (χ4v) is 1.76. The van der Waals surface area contributed by atoms with Crippen molar-refractivity contribution in [3.63, 3.8) is 0 Å². The van der Waals surface area contributed by atoms with Crippen molar-refractivity contribution in [2.75, 3.05) is 0 Å². The van der Waals surface area contributed by atoms with Gasteiger partial charge in [0.15, 0.2) is 6.33 Å². The third-order valence-electron chi connectivity index (χ3n) is 2.60. The van der Waals surface area contributed by atoms with E-state index in [9.17, 15) is 4.79 Å². The van der Waals surface area contributed by atoms with Gasteiger partial charge in [-0.15, -0.1) is 0 Å². The summed E-state index contributed by atoms with van der Waals surface area (Å²) in [4.78, 5) is 12.2. The Labute approximate surface area is 97.4 Å². The second kappa shape index (κ2) is 3.83. The van der Waals surface area contributed by atoms with Gasteiger partial charge in [-0.25, -0.2) is 0 Å². The van der Waals surface area contributed by atoms with Crippen LogP contribution in [0.15, 0.2) is 65.8 Å². The van der Waals surface area contributed by atoms with Crippen molar-refractivity contribution >= 4 is 5.52 Å². The summed E-state index contributed by atoms with van der Waals surface area (Å²) in [5.41, 5.74) is 1.29. The van der Waals surface area contributed by atoms with Crippen LogP contribution in [0.1, 0.15) is 0 Å². The van der Waals surface area contributed by atoms with Gasteiger partial charge in [0.2, 0.25) is 6.20 Å². The predicted molar refractivity (Wildman–Crippen MR) is 63.0 cm³/mol. The van der Waals surface area contributed by atoms with Crippen LogP contribution in [0.4, 0.5) is 0 Å². The first-order valence-electron chi connectivity index (χ1n) is 5.30. The Kier molecular flexibility index (Phi) is 2.19. The van der Waals surface area contributed by atoms with Crippen LogP contribution in [-0.4, -0.2) is 9.67 Å². The highest BCUT2D eigenvalue weighted by molar-refractivity contribution is 5.39. The largest absolute Gasteiger partial charge is 0.331 e. The van der Waals surface area contributed by atoms with E-state index in [4.69, 9.17) is 0 Å². The van der Waals surface area contributed by atoms with Crippen LogP contribution >= 0.6 is 0 Å². The Bertz CT molecular complexity index is 719. The molecule has 0 atom stereocenters. The van der Waals surface area contributed by atoms with Crippen molar-refractivity contribution < 1.29 is 4.52 Å². The van der Waals surface area contributed by atoms with Crippen LogP contribution in [0.5, 0.6) is 0 Å². The Morgan fingerprint density at radius 2 is 1.76 bits per heavy atom. The van der Waals surface area contributed by atoms with Gasteiger partial charge in [0, 0.05) is 17.2 Å². The first-order valence-corrected chi connectivity index (χ1v) is 5.30. The first kappa shape index (κ1) is 9.72. The molecule has 0 amide bonds. The molecule has 4 heteroatoms. The molecule has 0 saturated heterocycles. The Morgan fingerprint density at radius 3 is 2.59 bits per heavy atom. The molecular weight excluding hydrogens is 214 g/mol. The standard InChI is InChI=1S/C13H10N3O/c17-13-12-8-4-5-9-16(12)14-10-15(13)11-6-2-1-3-7-11/h1-10H/q+1. The van der Waals surface area contributed by atoms with Crippen LogP contribution in [0.25, 0.3) is 11.2 Å². The minimum Gasteiger partial charge on any atom is -0.261 e. The van der Waals surface area contributed by atoms with Crippen molar-refractivity contribution in [2.24, 2.45) is 0 Å². The molecule has 0 aliphatic rings. The number of rotatable bonds is 1. The van der Waals surface area contributed by atoms with E-state index in [2.05, 4.69) is 5.10 Å². The molecule has 17 heavy (non-hydrogen) atoms. The zero-order valence-corrected chi connectivity index (χ0v) is 9.02. The maximum atomic E-state index is 12.2. The number of nitrogens with zero attached hydrogens (tertiary/aromatic N) is 3. The predicted octanol–water partition coefficient (Wildman–Crippen LogP) is 0.971. The summed E-state index contributed by atoms with van der Waals surface area (Å²) in [6.45, 7) is 0. The molecule has 0 aliphatic carbocycles. The van der Waals surface area contributed by atoms with E-state index in [0.29, 0.717) is 5.52 Å². The highest BCUT2D eigenvalue weighted by Crippen LogP contribution is 2.02. The fourth-order valence-electron chi connectivity index (χ4n) is 1.76. The molecule has 0 N–H and O–H groups in total. The molecule has 2 aromatic heterocycles. The summed E-state index contributed by atoms with van der Waals surface area (Å²) in [5, 5.41) is 4.20. The van der Waals surface area contributed by atoms with Crippen LogP contribution < -0.4 is 10.1 Å². The quantitative estimate of drug-likeness (QED) is 0.578. The van der Waals surface area contributed by atoms with Crippen molar-refractivity contribution in [1.29, 1.82) is 0 Å². The van der Waals surface area contributed by atoms with Gasteiger partial charge in [-0.2, -0.15) is 0 Å². The van der Waals surface area contributed by atoms with Crippen molar-refractivity contribution in [1.82, 2.24) is 9.67 Å². The lowest BCUT2D eigenvalue weighted by Crippen LogP contribution is -2.36. The average molecular weight is 224 g/mol. The number of para-hydroxylation sites is 1. The summed E-state index contributed by atoms with van der Waals surface area (Å²) in [6.07, 6.45) is 3.29. The molecule has 0 fully saturated rings. The third-order valence-corrected chi connectivity index (χ3v) is 2.60. The van der Waals surface area contributed by atoms with E-state index >= 15 is 0 Å². The first-order chi connectivity index (χ1) is 8.36. The summed E-state index contributed by atoms with van der Waals surface area (Å²) in [7, 11) is 0. The lowest BCUT2D eigenvalue weighted by molar-refractivity contribution is -0.582. The maximum absolute atomic E-state index is 12.2. The Morgan fingerprint density at radius 1 is 1.00 bits per heavy atom. The van der Waals surface area contributed by atoms with Gasteiger partial charge < -0.3 is 0 Å². The molecule has 0 bridgehead atoms. The average Bonchev–Trinajstić information content (AvgIpc) is 2.40. The number of hydrogen-bond donors (Lipinski definition) is 0. The summed E-state index contributed by atoms with van der Waals surface area (Å²) in [5.74, 6) is 0. The smallest absolute Gasteiger partial charge is 0.261 e. The SMILES string of the molecule is O=c1c2cccc[n+]2ncn1-c1ccccc1. The molecule has 3 rings (SSSR count). The number of hydrogen-bond acceptors (Lipinski definition) is 2. The topological polar surface area (TPSA) is 39.0 Å². The van der Waals surface area contributed by atoms with Gasteiger partial charge in [0.1, 0.15) is 0 Å². The van der Waals surface area contributed by atoms with Gasteiger partial charge in [-0.3, -0.25) is 9.36 Å². The molecular formula is C13H10N3O+. The molecule has 82 valence electrons. The molecule has 0 aliphatic heterocycles. The van der Waals surface area contributed by atoms with Crippen LogP contribution in [-0.2, 0) is 0 Å². The highest BCUT2D eigenvalue weighted by Gasteiger charge is 2.10. The monoisotopic (exact) mass is 224 g/mol. The molecule has 1 aromatic carbocycles. The molecule has 0 spiro atoms. The zero-order valence-electron chi connectivity index (χ0n) is 9.02. The van der Waals surface area contributed by atoms with E-state index in [1.807, 2.05) is 42.5 Å². The minimum absolute atomic E-state index is 0.0770. The van der Waals surface area contributed by atoms with E-state index < -0.39 is 0 Å². The second-order valence-electron chi connectivity index (χ2n) is 3.67. The Hall–Kier alpha value is -2.49. The molecule has 3 aromatic rings. The van der Waals surface area contributed by atoms with Gasteiger partial charge in [0.25, 0.3) is 0 Å². The molecule has 0 saturated carbocycles. The lowest BCUT2D eigenvalue weighted by Gasteiger charge is -2.01. The van der Waals surface area contributed by atoms with Crippen molar-refractivity contribution in [3.05, 3.63) is 71.4 Å². The summed E-state index contributed by atoms with van der Waals surface area (Å²) >= 11 is 0. The number of pyridine rings is 1. The van der Waals surface area contributed by atoms with E-state index in [1.165, 1.54) is 10.9 Å². The maximum Gasteiger partial charge on any atom is 0.331 e. The normalized spacial score (nSPS) is 10.6. The van der Waals surface area contributed by atoms with Crippen LogP contribution in [0, 0.1) is 0 Å². The molecule has 4 nitrogen and oxygen atoms in total. The van der Waals surface area contributed by atoms with Crippen LogP contribution in [0.2, 0.25) is 0 Å². The van der Waals surface area contributed by atoms with E-state index in [1.54, 1.807) is 16.8 Å². The van der Waals surface area contributed by atoms with Gasteiger partial charge >= 0.3 is 11.1 Å². The third kappa shape index (κ3) is 1.59. The van der Waals surface area contributed by atoms with E-state index in [0.717, 1.165) is 5.69 Å². The highest BCUT2D eigenvalue weighted by atomic mass is 16.1.